The highest BCUT2D eigenvalue weighted by Crippen LogP contribution is 2.32. The van der Waals surface area contributed by atoms with Gasteiger partial charge in [0.25, 0.3) is 0 Å². The van der Waals surface area contributed by atoms with Crippen LogP contribution in [0.5, 0.6) is 11.5 Å². The smallest absolute Gasteiger partial charge is 0.161 e. The molecular weight excluding hydrogens is 204 g/mol. The average molecular weight is 222 g/mol. The number of rotatable bonds is 1. The highest BCUT2D eigenvalue weighted by Gasteiger charge is 2.24. The van der Waals surface area contributed by atoms with Gasteiger partial charge in [-0.1, -0.05) is 31.6 Å². The van der Waals surface area contributed by atoms with Crippen molar-refractivity contribution in [3.05, 3.63) is 18.2 Å². The maximum Gasteiger partial charge on any atom is 0.161 e. The van der Waals surface area contributed by atoms with Crippen LogP contribution < -0.4 is 14.7 Å². The van der Waals surface area contributed by atoms with Gasteiger partial charge < -0.3 is 9.47 Å². The molecule has 0 saturated heterocycles. The number of hydrogen-bond acceptors (Lipinski definition) is 2. The summed E-state index contributed by atoms with van der Waals surface area (Å²) in [6.45, 7) is 8.06. The molecule has 15 heavy (non-hydrogen) atoms. The zero-order valence-electron chi connectivity index (χ0n) is 9.67. The average Bonchev–Trinajstić information content (AvgIpc) is 2.38. The number of hydrogen-bond donors (Lipinski definition) is 0. The molecule has 0 atom stereocenters. The van der Waals surface area contributed by atoms with Gasteiger partial charge >= 0.3 is 0 Å². The Labute approximate surface area is 93.4 Å². The molecular formula is C12H18O2Si. The molecule has 0 saturated carbocycles. The van der Waals surface area contributed by atoms with Gasteiger partial charge in [0.15, 0.2) is 11.5 Å². The normalized spacial score (nSPS) is 19.1. The lowest BCUT2D eigenvalue weighted by Crippen LogP contribution is -2.26. The molecule has 1 heterocycles. The summed E-state index contributed by atoms with van der Waals surface area (Å²) in [5.74, 6) is 1.82. The van der Waals surface area contributed by atoms with E-state index in [4.69, 9.17) is 9.47 Å². The highest BCUT2D eigenvalue weighted by molar-refractivity contribution is 6.52. The van der Waals surface area contributed by atoms with E-state index in [9.17, 15) is 0 Å². The standard InChI is InChI=1S/C12H18O2Si/c1-12(2)7-13-10-5-4-9(15-3)6-11(10)14-8-12/h4-6H,7-8,15H2,1-3H3. The molecule has 1 aliphatic heterocycles. The topological polar surface area (TPSA) is 18.5 Å². The first-order chi connectivity index (χ1) is 7.11. The van der Waals surface area contributed by atoms with Gasteiger partial charge in [-0.05, 0) is 12.1 Å². The first kappa shape index (κ1) is 10.6. The van der Waals surface area contributed by atoms with Crippen molar-refractivity contribution in [3.63, 3.8) is 0 Å². The summed E-state index contributed by atoms with van der Waals surface area (Å²) in [6, 6.07) is 6.35. The SMILES string of the molecule is C[SiH2]c1ccc2c(c1)OCC(C)(C)CO2. The second-order valence-corrected chi connectivity index (χ2v) is 6.40. The molecule has 0 bridgehead atoms. The summed E-state index contributed by atoms with van der Waals surface area (Å²) in [5.41, 5.74) is 0.100. The van der Waals surface area contributed by atoms with E-state index in [0.29, 0.717) is 0 Å². The van der Waals surface area contributed by atoms with Crippen LogP contribution in [-0.2, 0) is 0 Å². The van der Waals surface area contributed by atoms with Crippen molar-refractivity contribution in [3.8, 4) is 11.5 Å². The third-order valence-electron chi connectivity index (χ3n) is 2.65. The summed E-state index contributed by atoms with van der Waals surface area (Å²) in [5, 5.41) is 1.43. The van der Waals surface area contributed by atoms with Crippen molar-refractivity contribution in [1.29, 1.82) is 0 Å². The van der Waals surface area contributed by atoms with Gasteiger partial charge in [0.1, 0.15) is 0 Å². The van der Waals surface area contributed by atoms with Gasteiger partial charge in [-0.2, -0.15) is 0 Å². The van der Waals surface area contributed by atoms with E-state index in [2.05, 4.69) is 32.5 Å². The van der Waals surface area contributed by atoms with Gasteiger partial charge in [-0.15, -0.1) is 0 Å². The van der Waals surface area contributed by atoms with E-state index < -0.39 is 0 Å². The Morgan fingerprint density at radius 1 is 1.13 bits per heavy atom. The van der Waals surface area contributed by atoms with Crippen LogP contribution in [-0.4, -0.2) is 22.7 Å². The Hall–Kier alpha value is -0.963. The van der Waals surface area contributed by atoms with Gasteiger partial charge in [0, 0.05) is 5.41 Å². The van der Waals surface area contributed by atoms with Crippen LogP contribution in [0.2, 0.25) is 6.55 Å². The second kappa shape index (κ2) is 3.89. The summed E-state index contributed by atoms with van der Waals surface area (Å²) < 4.78 is 11.6. The Bertz CT molecular complexity index is 361. The minimum atomic E-state index is -0.114. The van der Waals surface area contributed by atoms with Gasteiger partial charge in [-0.3, -0.25) is 0 Å². The molecule has 1 aromatic rings. The van der Waals surface area contributed by atoms with Crippen molar-refractivity contribution in [2.75, 3.05) is 13.2 Å². The predicted octanol–water partition coefficient (Wildman–Crippen LogP) is 1.33. The molecule has 0 unspecified atom stereocenters. The lowest BCUT2D eigenvalue weighted by molar-refractivity contribution is 0.140. The van der Waals surface area contributed by atoms with Crippen molar-refractivity contribution < 1.29 is 9.47 Å². The van der Waals surface area contributed by atoms with Gasteiger partial charge in [0.05, 0.1) is 22.7 Å². The Balaban J connectivity index is 2.27. The molecule has 0 spiro atoms. The fourth-order valence-corrected chi connectivity index (χ4v) is 2.34. The molecule has 2 nitrogen and oxygen atoms in total. The molecule has 0 radical (unpaired) electrons. The molecule has 0 aromatic heterocycles. The number of benzene rings is 1. The second-order valence-electron chi connectivity index (χ2n) is 4.88. The third kappa shape index (κ3) is 2.34. The predicted molar refractivity (Wildman–Crippen MR) is 65.3 cm³/mol. The summed E-state index contributed by atoms with van der Waals surface area (Å²) in [7, 11) is -0.114. The van der Waals surface area contributed by atoms with Crippen LogP contribution >= 0.6 is 0 Å². The zero-order valence-corrected chi connectivity index (χ0v) is 11.1. The molecule has 0 N–H and O–H groups in total. The van der Waals surface area contributed by atoms with Crippen LogP contribution in [0.15, 0.2) is 18.2 Å². The van der Waals surface area contributed by atoms with E-state index in [1.807, 2.05) is 6.07 Å². The summed E-state index contributed by atoms with van der Waals surface area (Å²) in [6.07, 6.45) is 0. The quantitative estimate of drug-likeness (QED) is 0.667. The van der Waals surface area contributed by atoms with E-state index in [1.165, 1.54) is 5.19 Å². The zero-order chi connectivity index (χ0) is 10.9. The Kier molecular flexibility index (Phi) is 2.74. The Morgan fingerprint density at radius 3 is 2.47 bits per heavy atom. The van der Waals surface area contributed by atoms with Crippen LogP contribution in [0.3, 0.4) is 0 Å². The largest absolute Gasteiger partial charge is 0.489 e. The minimum absolute atomic E-state index is 0.100. The van der Waals surface area contributed by atoms with Crippen LogP contribution in [0.25, 0.3) is 0 Å². The van der Waals surface area contributed by atoms with Crippen LogP contribution in [0.4, 0.5) is 0 Å². The molecule has 82 valence electrons. The monoisotopic (exact) mass is 222 g/mol. The van der Waals surface area contributed by atoms with E-state index in [0.717, 1.165) is 24.7 Å². The lowest BCUT2D eigenvalue weighted by Gasteiger charge is -2.19. The Morgan fingerprint density at radius 2 is 1.80 bits per heavy atom. The molecule has 2 rings (SSSR count). The number of fused-ring (bicyclic) bond motifs is 1. The van der Waals surface area contributed by atoms with Crippen molar-refractivity contribution in [2.24, 2.45) is 5.41 Å². The van der Waals surface area contributed by atoms with Crippen LogP contribution in [0, 0.1) is 5.41 Å². The first-order valence-electron chi connectivity index (χ1n) is 5.49. The maximum absolute atomic E-state index is 5.80. The van der Waals surface area contributed by atoms with Crippen LogP contribution in [0.1, 0.15) is 13.8 Å². The third-order valence-corrected chi connectivity index (χ3v) is 3.91. The molecule has 1 aromatic carbocycles. The molecule has 3 heteroatoms. The fraction of sp³-hybridized carbons (Fsp3) is 0.500. The number of ether oxygens (including phenoxy) is 2. The maximum atomic E-state index is 5.80. The minimum Gasteiger partial charge on any atom is -0.489 e. The molecule has 1 aliphatic rings. The fourth-order valence-electron chi connectivity index (χ4n) is 1.59. The molecule has 0 amide bonds. The van der Waals surface area contributed by atoms with E-state index in [-0.39, 0.29) is 14.9 Å². The summed E-state index contributed by atoms with van der Waals surface area (Å²) >= 11 is 0. The molecule has 0 fully saturated rings. The van der Waals surface area contributed by atoms with Crippen molar-refractivity contribution in [1.82, 2.24) is 0 Å². The van der Waals surface area contributed by atoms with E-state index >= 15 is 0 Å². The molecule has 0 aliphatic carbocycles. The van der Waals surface area contributed by atoms with Crippen molar-refractivity contribution in [2.45, 2.75) is 20.4 Å². The van der Waals surface area contributed by atoms with Gasteiger partial charge in [0.2, 0.25) is 0 Å². The lowest BCUT2D eigenvalue weighted by atomic mass is 9.97. The first-order valence-corrected chi connectivity index (χ1v) is 7.61. The van der Waals surface area contributed by atoms with E-state index in [1.54, 1.807) is 0 Å². The van der Waals surface area contributed by atoms with Gasteiger partial charge in [-0.25, -0.2) is 0 Å². The van der Waals surface area contributed by atoms with Crippen molar-refractivity contribution >= 4 is 14.7 Å². The highest BCUT2D eigenvalue weighted by atomic mass is 28.2. The summed E-state index contributed by atoms with van der Waals surface area (Å²) in [4.78, 5) is 0.